The Morgan fingerprint density at radius 1 is 1.50 bits per heavy atom. The highest BCUT2D eigenvalue weighted by atomic mass is 16.4. The minimum absolute atomic E-state index is 0.172. The van der Waals surface area contributed by atoms with Crippen molar-refractivity contribution < 1.29 is 19.5 Å². The second kappa shape index (κ2) is 3.60. The van der Waals surface area contributed by atoms with Gasteiger partial charge in [0, 0.05) is 0 Å². The van der Waals surface area contributed by atoms with Crippen LogP contribution in [0.1, 0.15) is 6.92 Å². The van der Waals surface area contributed by atoms with Crippen molar-refractivity contribution in [2.75, 3.05) is 0 Å². The minimum Gasteiger partial charge on any atom is -0.480 e. The van der Waals surface area contributed by atoms with Gasteiger partial charge in [0.2, 0.25) is 12.8 Å². The molecule has 0 spiro atoms. The molecule has 0 aromatic rings. The first-order valence-corrected chi connectivity index (χ1v) is 2.54. The fraction of sp³-hybridized carbons (Fsp3) is 0.400. The number of carbonyl (C=O) groups excluding carboxylic acids is 2. The van der Waals surface area contributed by atoms with E-state index in [1.807, 2.05) is 0 Å². The molecule has 1 atom stereocenters. The van der Waals surface area contributed by atoms with E-state index in [4.69, 9.17) is 5.11 Å². The molecular weight excluding hydrogens is 138 g/mol. The predicted octanol–water partition coefficient (Wildman–Crippen LogP) is -0.926. The molecule has 0 aromatic heterocycles. The Kier molecular flexibility index (Phi) is 3.10. The van der Waals surface area contributed by atoms with E-state index in [1.54, 1.807) is 0 Å². The van der Waals surface area contributed by atoms with Crippen molar-refractivity contribution in [1.82, 2.24) is 4.90 Å². The van der Waals surface area contributed by atoms with E-state index >= 15 is 0 Å². The quantitative estimate of drug-likeness (QED) is 0.519. The van der Waals surface area contributed by atoms with Crippen LogP contribution in [0.15, 0.2) is 0 Å². The number of carboxylic acid groups (broad SMARTS) is 1. The van der Waals surface area contributed by atoms with Crippen molar-refractivity contribution in [2.24, 2.45) is 0 Å². The lowest BCUT2D eigenvalue weighted by Crippen LogP contribution is -2.36. The molecule has 0 saturated carbocycles. The number of hydrogen-bond donors (Lipinski definition) is 1. The first-order chi connectivity index (χ1) is 4.63. The zero-order chi connectivity index (χ0) is 8.15. The van der Waals surface area contributed by atoms with Gasteiger partial charge in [0.25, 0.3) is 0 Å². The van der Waals surface area contributed by atoms with Crippen LogP contribution < -0.4 is 0 Å². The maximum atomic E-state index is 10.1. The van der Waals surface area contributed by atoms with E-state index in [-0.39, 0.29) is 12.8 Å². The van der Waals surface area contributed by atoms with Crippen molar-refractivity contribution in [3.8, 4) is 0 Å². The van der Waals surface area contributed by atoms with Crippen LogP contribution in [0.25, 0.3) is 0 Å². The summed E-state index contributed by atoms with van der Waals surface area (Å²) >= 11 is 0. The molecule has 0 heterocycles. The number of hydrogen-bond acceptors (Lipinski definition) is 3. The standard InChI is InChI=1S/C5H7NO4/c1-4(5(9)10)6(2-7)3-8/h2-4H,1H3,(H,9,10)/t4-/m0/s1. The van der Waals surface area contributed by atoms with Gasteiger partial charge in [-0.2, -0.15) is 0 Å². The number of rotatable bonds is 4. The van der Waals surface area contributed by atoms with Gasteiger partial charge < -0.3 is 5.11 Å². The largest absolute Gasteiger partial charge is 0.480 e. The molecule has 10 heavy (non-hydrogen) atoms. The second-order valence-electron chi connectivity index (χ2n) is 1.67. The summed E-state index contributed by atoms with van der Waals surface area (Å²) in [4.78, 5) is 30.5. The van der Waals surface area contributed by atoms with Gasteiger partial charge in [-0.1, -0.05) is 0 Å². The number of nitrogens with zero attached hydrogens (tertiary/aromatic N) is 1. The second-order valence-corrected chi connectivity index (χ2v) is 1.67. The van der Waals surface area contributed by atoms with Crippen molar-refractivity contribution in [3.05, 3.63) is 0 Å². The first-order valence-electron chi connectivity index (χ1n) is 2.54. The summed E-state index contributed by atoms with van der Waals surface area (Å²) in [5, 5.41) is 8.26. The molecule has 0 aliphatic heterocycles. The van der Waals surface area contributed by atoms with Gasteiger partial charge in [-0.05, 0) is 6.92 Å². The predicted molar refractivity (Wildman–Crippen MR) is 31.1 cm³/mol. The molecule has 1 N–H and O–H groups in total. The molecule has 56 valence electrons. The number of aliphatic carboxylic acids is 1. The summed E-state index contributed by atoms with van der Waals surface area (Å²) in [5.74, 6) is -1.21. The van der Waals surface area contributed by atoms with E-state index in [0.29, 0.717) is 4.90 Å². The lowest BCUT2D eigenvalue weighted by molar-refractivity contribution is -0.148. The van der Waals surface area contributed by atoms with Crippen LogP contribution in [0.4, 0.5) is 0 Å². The minimum atomic E-state index is -1.21. The van der Waals surface area contributed by atoms with E-state index in [0.717, 1.165) is 0 Å². The molecule has 0 radical (unpaired) electrons. The van der Waals surface area contributed by atoms with Gasteiger partial charge in [-0.15, -0.1) is 0 Å². The Morgan fingerprint density at radius 2 is 1.90 bits per heavy atom. The van der Waals surface area contributed by atoms with Gasteiger partial charge in [0.05, 0.1) is 0 Å². The molecule has 0 unspecified atom stereocenters. The molecule has 0 fully saturated rings. The molecule has 0 rings (SSSR count). The van der Waals surface area contributed by atoms with E-state index < -0.39 is 12.0 Å². The molecule has 0 bridgehead atoms. The highest BCUT2D eigenvalue weighted by molar-refractivity contribution is 5.81. The third-order valence-electron chi connectivity index (χ3n) is 1.05. The average Bonchev–Trinajstić information content (AvgIpc) is 1.90. The highest BCUT2D eigenvalue weighted by Gasteiger charge is 2.17. The van der Waals surface area contributed by atoms with E-state index in [2.05, 4.69) is 0 Å². The zero-order valence-corrected chi connectivity index (χ0v) is 5.35. The molecule has 0 aromatic carbocycles. The van der Waals surface area contributed by atoms with Crippen molar-refractivity contribution in [1.29, 1.82) is 0 Å². The van der Waals surface area contributed by atoms with Crippen LogP contribution >= 0.6 is 0 Å². The van der Waals surface area contributed by atoms with E-state index in [1.165, 1.54) is 6.92 Å². The Morgan fingerprint density at radius 3 is 2.00 bits per heavy atom. The van der Waals surface area contributed by atoms with Crippen LogP contribution in [0.2, 0.25) is 0 Å². The van der Waals surface area contributed by atoms with Crippen LogP contribution in [0, 0.1) is 0 Å². The van der Waals surface area contributed by atoms with Crippen LogP contribution in [0.3, 0.4) is 0 Å². The molecular formula is C5H7NO4. The fourth-order valence-electron chi connectivity index (χ4n) is 0.335. The van der Waals surface area contributed by atoms with Crippen molar-refractivity contribution in [3.63, 3.8) is 0 Å². The smallest absolute Gasteiger partial charge is 0.326 e. The Labute approximate surface area is 57.2 Å². The zero-order valence-electron chi connectivity index (χ0n) is 5.35. The molecule has 0 aliphatic carbocycles. The van der Waals surface area contributed by atoms with Gasteiger partial charge in [0.15, 0.2) is 0 Å². The first kappa shape index (κ1) is 8.61. The lowest BCUT2D eigenvalue weighted by atomic mass is 10.3. The summed E-state index contributed by atoms with van der Waals surface area (Å²) in [6.07, 6.45) is 0.345. The molecule has 5 heteroatoms. The molecule has 0 saturated heterocycles. The maximum absolute atomic E-state index is 10.1. The molecule has 0 aliphatic rings. The number of carboxylic acids is 1. The van der Waals surface area contributed by atoms with Crippen molar-refractivity contribution in [2.45, 2.75) is 13.0 Å². The number of carbonyl (C=O) groups is 3. The molecule has 2 amide bonds. The van der Waals surface area contributed by atoms with Crippen LogP contribution in [-0.2, 0) is 14.4 Å². The topological polar surface area (TPSA) is 74.7 Å². The summed E-state index contributed by atoms with van der Waals surface area (Å²) in [6, 6.07) is -1.09. The third-order valence-corrected chi connectivity index (χ3v) is 1.05. The summed E-state index contributed by atoms with van der Waals surface area (Å²) < 4.78 is 0. The molecule has 5 nitrogen and oxygen atoms in total. The maximum Gasteiger partial charge on any atom is 0.326 e. The Balaban J connectivity index is 4.13. The number of imide groups is 1. The Hall–Kier alpha value is -1.39. The summed E-state index contributed by atoms with van der Waals surface area (Å²) in [5.41, 5.74) is 0. The highest BCUT2D eigenvalue weighted by Crippen LogP contribution is 1.90. The summed E-state index contributed by atoms with van der Waals surface area (Å²) in [6.45, 7) is 1.24. The van der Waals surface area contributed by atoms with Gasteiger partial charge in [-0.3, -0.25) is 14.5 Å². The lowest BCUT2D eigenvalue weighted by Gasteiger charge is -2.12. The normalized spacial score (nSPS) is 11.7. The van der Waals surface area contributed by atoms with Gasteiger partial charge in [0.1, 0.15) is 6.04 Å². The van der Waals surface area contributed by atoms with Gasteiger partial charge >= 0.3 is 5.97 Å². The monoisotopic (exact) mass is 145 g/mol. The fourth-order valence-corrected chi connectivity index (χ4v) is 0.335. The summed E-state index contributed by atoms with van der Waals surface area (Å²) in [7, 11) is 0. The van der Waals surface area contributed by atoms with Crippen LogP contribution in [0.5, 0.6) is 0 Å². The Bertz CT molecular complexity index is 148. The third kappa shape index (κ3) is 1.85. The average molecular weight is 145 g/mol. The SMILES string of the molecule is C[C@@H](C(=O)O)N(C=O)C=O. The number of amides is 2. The van der Waals surface area contributed by atoms with Crippen LogP contribution in [-0.4, -0.2) is 34.8 Å². The van der Waals surface area contributed by atoms with E-state index in [9.17, 15) is 14.4 Å². The van der Waals surface area contributed by atoms with Gasteiger partial charge in [-0.25, -0.2) is 4.79 Å². The van der Waals surface area contributed by atoms with Crippen molar-refractivity contribution >= 4 is 18.8 Å².